The summed E-state index contributed by atoms with van der Waals surface area (Å²) in [6.45, 7) is 3.71. The number of hydrogen-bond acceptors (Lipinski definition) is 1. The molecule has 0 bridgehead atoms. The van der Waals surface area contributed by atoms with Gasteiger partial charge in [-0.1, -0.05) is 44.6 Å². The van der Waals surface area contributed by atoms with Crippen molar-refractivity contribution in [1.82, 2.24) is 0 Å². The average molecular weight is 228 g/mol. The third-order valence-corrected chi connectivity index (χ3v) is 2.77. The predicted octanol–water partition coefficient (Wildman–Crippen LogP) is 4.53. The van der Waals surface area contributed by atoms with Crippen LogP contribution in [0.2, 0.25) is 0 Å². The van der Waals surface area contributed by atoms with Crippen LogP contribution in [0.1, 0.15) is 64.2 Å². The summed E-state index contributed by atoms with van der Waals surface area (Å²) in [5.74, 6) is 0. The molecule has 0 atom stereocenters. The summed E-state index contributed by atoms with van der Waals surface area (Å²) in [7, 11) is 0. The van der Waals surface area contributed by atoms with Crippen molar-refractivity contribution in [2.45, 2.75) is 64.2 Å². The van der Waals surface area contributed by atoms with E-state index in [1.165, 1.54) is 44.9 Å². The lowest BCUT2D eigenvalue weighted by atomic mass is 10.1. The van der Waals surface area contributed by atoms with E-state index in [4.69, 9.17) is 0 Å². The maximum absolute atomic E-state index is 10.5. The summed E-state index contributed by atoms with van der Waals surface area (Å²) in [6, 6.07) is 0. The van der Waals surface area contributed by atoms with Gasteiger partial charge in [-0.25, -0.2) is 0 Å². The molecule has 88 valence electrons. The van der Waals surface area contributed by atoms with E-state index < -0.39 is 0 Å². The second-order valence-electron chi connectivity index (χ2n) is 4.05. The molecule has 15 heavy (non-hydrogen) atoms. The molecule has 0 N–H and O–H groups in total. The van der Waals surface area contributed by atoms with Crippen LogP contribution in [0.15, 0.2) is 12.7 Å². The topological polar surface area (TPSA) is 17.1 Å². The fourth-order valence-corrected chi connectivity index (χ4v) is 1.78. The van der Waals surface area contributed by atoms with Gasteiger partial charge in [0, 0.05) is 6.42 Å². The van der Waals surface area contributed by atoms with Crippen molar-refractivity contribution in [3.63, 3.8) is 0 Å². The quantitative estimate of drug-likeness (QED) is 0.312. The Kier molecular flexibility index (Phi) is 11.6. The van der Waals surface area contributed by atoms with Gasteiger partial charge < -0.3 is 0 Å². The molecular formula is C13H24OS. The van der Waals surface area contributed by atoms with Gasteiger partial charge in [0.25, 0.3) is 0 Å². The zero-order chi connectivity index (χ0) is 11.4. The summed E-state index contributed by atoms with van der Waals surface area (Å²) in [5.41, 5.74) is 0. The SMILES string of the molecule is C=CCCCCCCCCCCC(=O)S. The molecule has 0 fully saturated rings. The van der Waals surface area contributed by atoms with Crippen LogP contribution in [0, 0.1) is 0 Å². The Hall–Kier alpha value is -0.240. The van der Waals surface area contributed by atoms with Gasteiger partial charge >= 0.3 is 0 Å². The molecule has 1 nitrogen and oxygen atoms in total. The Morgan fingerprint density at radius 2 is 1.40 bits per heavy atom. The highest BCUT2D eigenvalue weighted by Gasteiger charge is 1.95. The Balaban J connectivity index is 2.92. The van der Waals surface area contributed by atoms with Crippen LogP contribution in [-0.4, -0.2) is 5.12 Å². The Bertz CT molecular complexity index is 166. The molecule has 0 heterocycles. The lowest BCUT2D eigenvalue weighted by Crippen LogP contribution is -1.86. The smallest absolute Gasteiger partial charge is 0.185 e. The van der Waals surface area contributed by atoms with Crippen LogP contribution < -0.4 is 0 Å². The van der Waals surface area contributed by atoms with E-state index in [2.05, 4.69) is 19.2 Å². The number of thiol groups is 1. The molecule has 0 unspecified atom stereocenters. The normalized spacial score (nSPS) is 10.2. The van der Waals surface area contributed by atoms with Crippen molar-refractivity contribution in [3.8, 4) is 0 Å². The molecule has 0 amide bonds. The second kappa shape index (κ2) is 11.8. The van der Waals surface area contributed by atoms with Crippen molar-refractivity contribution in [2.24, 2.45) is 0 Å². The molecule has 0 rings (SSSR count). The van der Waals surface area contributed by atoms with E-state index >= 15 is 0 Å². The van der Waals surface area contributed by atoms with Crippen LogP contribution in [0.5, 0.6) is 0 Å². The van der Waals surface area contributed by atoms with Gasteiger partial charge in [0.05, 0.1) is 0 Å². The summed E-state index contributed by atoms with van der Waals surface area (Å²) in [6.07, 6.45) is 13.9. The van der Waals surface area contributed by atoms with Gasteiger partial charge in [0.1, 0.15) is 0 Å². The molecule has 0 spiro atoms. The van der Waals surface area contributed by atoms with Crippen molar-refractivity contribution in [1.29, 1.82) is 0 Å². The van der Waals surface area contributed by atoms with Gasteiger partial charge in [-0.05, 0) is 19.3 Å². The molecule has 0 saturated carbocycles. The number of carbonyl (C=O) groups is 1. The molecule has 0 saturated heterocycles. The van der Waals surface area contributed by atoms with E-state index in [0.29, 0.717) is 6.42 Å². The van der Waals surface area contributed by atoms with Gasteiger partial charge in [-0.3, -0.25) is 4.79 Å². The van der Waals surface area contributed by atoms with E-state index in [-0.39, 0.29) is 5.12 Å². The van der Waals surface area contributed by atoms with Crippen LogP contribution in [-0.2, 0) is 4.79 Å². The summed E-state index contributed by atoms with van der Waals surface area (Å²) < 4.78 is 0. The average Bonchev–Trinajstić information content (AvgIpc) is 2.20. The first-order valence-electron chi connectivity index (χ1n) is 6.10. The van der Waals surface area contributed by atoms with Crippen molar-refractivity contribution >= 4 is 17.7 Å². The highest BCUT2D eigenvalue weighted by Crippen LogP contribution is 2.11. The van der Waals surface area contributed by atoms with Gasteiger partial charge in [0.15, 0.2) is 5.12 Å². The molecule has 0 radical (unpaired) electrons. The molecule has 0 aliphatic carbocycles. The monoisotopic (exact) mass is 228 g/mol. The zero-order valence-corrected chi connectivity index (χ0v) is 10.6. The van der Waals surface area contributed by atoms with E-state index in [9.17, 15) is 4.79 Å². The Morgan fingerprint density at radius 3 is 1.87 bits per heavy atom. The highest BCUT2D eigenvalue weighted by atomic mass is 32.1. The van der Waals surface area contributed by atoms with Crippen molar-refractivity contribution < 1.29 is 4.79 Å². The molecule has 0 aromatic heterocycles. The number of hydrogen-bond donors (Lipinski definition) is 1. The summed E-state index contributed by atoms with van der Waals surface area (Å²) in [4.78, 5) is 10.5. The van der Waals surface area contributed by atoms with Crippen LogP contribution in [0.4, 0.5) is 0 Å². The number of carbonyl (C=O) groups excluding carboxylic acids is 1. The van der Waals surface area contributed by atoms with E-state index in [0.717, 1.165) is 12.8 Å². The van der Waals surface area contributed by atoms with Crippen molar-refractivity contribution in [2.75, 3.05) is 0 Å². The molecule has 0 aromatic carbocycles. The third-order valence-electron chi connectivity index (χ3n) is 2.55. The number of unbranched alkanes of at least 4 members (excludes halogenated alkanes) is 8. The van der Waals surface area contributed by atoms with Gasteiger partial charge in [-0.2, -0.15) is 0 Å². The first kappa shape index (κ1) is 14.8. The van der Waals surface area contributed by atoms with Crippen molar-refractivity contribution in [3.05, 3.63) is 12.7 Å². The van der Waals surface area contributed by atoms with Crippen LogP contribution in [0.25, 0.3) is 0 Å². The molecule has 0 aliphatic rings. The summed E-state index contributed by atoms with van der Waals surface area (Å²) in [5, 5.41) is 0.0272. The second-order valence-corrected chi connectivity index (χ2v) is 4.55. The molecule has 0 aromatic rings. The third kappa shape index (κ3) is 13.8. The predicted molar refractivity (Wildman–Crippen MR) is 70.4 cm³/mol. The minimum absolute atomic E-state index is 0.0272. The van der Waals surface area contributed by atoms with E-state index in [1.54, 1.807) is 0 Å². The van der Waals surface area contributed by atoms with E-state index in [1.807, 2.05) is 6.08 Å². The molecular weight excluding hydrogens is 204 g/mol. The first-order chi connectivity index (χ1) is 7.27. The Morgan fingerprint density at radius 1 is 0.933 bits per heavy atom. The number of allylic oxidation sites excluding steroid dienone is 1. The maximum atomic E-state index is 10.5. The lowest BCUT2D eigenvalue weighted by molar-refractivity contribution is -0.110. The fourth-order valence-electron chi connectivity index (χ4n) is 1.63. The highest BCUT2D eigenvalue weighted by molar-refractivity contribution is 7.96. The fraction of sp³-hybridized carbons (Fsp3) is 0.769. The molecule has 0 aliphatic heterocycles. The standard InChI is InChI=1S/C13H24OS/c1-2-3-4-5-6-7-8-9-10-11-12-13(14)15/h2H,1,3-12H2,(H,14,15). The zero-order valence-electron chi connectivity index (χ0n) is 9.71. The minimum Gasteiger partial charge on any atom is -0.288 e. The minimum atomic E-state index is 0.0272. The molecule has 2 heteroatoms. The number of rotatable bonds is 11. The lowest BCUT2D eigenvalue weighted by Gasteiger charge is -2.00. The maximum Gasteiger partial charge on any atom is 0.185 e. The largest absolute Gasteiger partial charge is 0.288 e. The van der Waals surface area contributed by atoms with Crippen LogP contribution >= 0.6 is 12.6 Å². The van der Waals surface area contributed by atoms with Gasteiger partial charge in [0.2, 0.25) is 0 Å². The van der Waals surface area contributed by atoms with Crippen LogP contribution in [0.3, 0.4) is 0 Å². The summed E-state index contributed by atoms with van der Waals surface area (Å²) >= 11 is 3.74. The van der Waals surface area contributed by atoms with Gasteiger partial charge in [-0.15, -0.1) is 19.2 Å². The first-order valence-corrected chi connectivity index (χ1v) is 6.54. The Labute approximate surface area is 99.7 Å².